The van der Waals surface area contributed by atoms with Crippen molar-refractivity contribution in [2.24, 2.45) is 0 Å². The van der Waals surface area contributed by atoms with Gasteiger partial charge in [-0.25, -0.2) is 0 Å². The molecule has 0 aliphatic rings. The van der Waals surface area contributed by atoms with Gasteiger partial charge in [0.2, 0.25) is 0 Å². The summed E-state index contributed by atoms with van der Waals surface area (Å²) < 4.78 is 0. The average Bonchev–Trinajstić information content (AvgIpc) is 2.80. The lowest BCUT2D eigenvalue weighted by Gasteiger charge is -2.02. The van der Waals surface area contributed by atoms with E-state index in [-0.39, 0.29) is 23.0 Å². The van der Waals surface area contributed by atoms with E-state index < -0.39 is 0 Å². The van der Waals surface area contributed by atoms with Gasteiger partial charge in [0, 0.05) is 0 Å². The highest BCUT2D eigenvalue weighted by molar-refractivity contribution is 5.67. The number of hydrogen-bond acceptors (Lipinski definition) is 5. The SMILES string of the molecule is C=O.Oc1ccc(-c2ccccc2)cc1O.Oc1ccc(-c2ccccc2)cc1O. The maximum Gasteiger partial charge on any atom is 0.158 e. The zero-order valence-corrected chi connectivity index (χ0v) is 16.1. The molecule has 0 spiro atoms. The molecule has 0 aliphatic heterocycles. The molecule has 152 valence electrons. The highest BCUT2D eigenvalue weighted by Gasteiger charge is 2.02. The molecule has 4 N–H and O–H groups in total. The first-order chi connectivity index (χ1) is 14.5. The molecule has 0 heterocycles. The van der Waals surface area contributed by atoms with Crippen LogP contribution in [0.1, 0.15) is 0 Å². The van der Waals surface area contributed by atoms with E-state index in [1.807, 2.05) is 67.5 Å². The average molecular weight is 402 g/mol. The van der Waals surface area contributed by atoms with Crippen molar-refractivity contribution in [3.05, 3.63) is 97.1 Å². The molecule has 0 atom stereocenters. The van der Waals surface area contributed by atoms with Crippen molar-refractivity contribution in [2.75, 3.05) is 0 Å². The van der Waals surface area contributed by atoms with Gasteiger partial charge in [-0.2, -0.15) is 0 Å². The Morgan fingerprint density at radius 3 is 1.03 bits per heavy atom. The Bertz CT molecular complexity index is 976. The number of aromatic hydroxyl groups is 4. The van der Waals surface area contributed by atoms with Gasteiger partial charge < -0.3 is 25.2 Å². The summed E-state index contributed by atoms with van der Waals surface area (Å²) in [4.78, 5) is 8.00. The van der Waals surface area contributed by atoms with E-state index in [1.165, 1.54) is 12.1 Å². The van der Waals surface area contributed by atoms with Crippen molar-refractivity contribution in [1.29, 1.82) is 0 Å². The first-order valence-corrected chi connectivity index (χ1v) is 8.98. The summed E-state index contributed by atoms with van der Waals surface area (Å²) in [6, 6.07) is 29.0. The summed E-state index contributed by atoms with van der Waals surface area (Å²) >= 11 is 0. The molecule has 0 aliphatic carbocycles. The number of phenolic OH excluding ortho intramolecular Hbond substituents is 4. The number of rotatable bonds is 2. The van der Waals surface area contributed by atoms with Crippen molar-refractivity contribution in [3.63, 3.8) is 0 Å². The van der Waals surface area contributed by atoms with Crippen LogP contribution in [-0.2, 0) is 4.79 Å². The lowest BCUT2D eigenvalue weighted by Crippen LogP contribution is -1.76. The van der Waals surface area contributed by atoms with E-state index >= 15 is 0 Å². The predicted molar refractivity (Wildman–Crippen MR) is 118 cm³/mol. The summed E-state index contributed by atoms with van der Waals surface area (Å²) in [5, 5.41) is 36.9. The quantitative estimate of drug-likeness (QED) is 0.339. The molecule has 4 aromatic rings. The Morgan fingerprint density at radius 1 is 0.400 bits per heavy atom. The van der Waals surface area contributed by atoms with Crippen molar-refractivity contribution in [2.45, 2.75) is 0 Å². The Balaban J connectivity index is 0.000000197. The third-order valence-corrected chi connectivity index (χ3v) is 4.17. The second kappa shape index (κ2) is 10.9. The normalized spacial score (nSPS) is 9.47. The molecule has 0 amide bonds. The van der Waals surface area contributed by atoms with Crippen LogP contribution in [0, 0.1) is 0 Å². The molecule has 5 nitrogen and oxygen atoms in total. The summed E-state index contributed by atoms with van der Waals surface area (Å²) in [7, 11) is 0. The molecule has 0 saturated carbocycles. The van der Waals surface area contributed by atoms with Gasteiger partial charge in [0.1, 0.15) is 6.79 Å². The molecule has 5 heteroatoms. The molecule has 0 aromatic heterocycles. The van der Waals surface area contributed by atoms with Crippen LogP contribution in [0.3, 0.4) is 0 Å². The molecule has 0 fully saturated rings. The summed E-state index contributed by atoms with van der Waals surface area (Å²) in [5.41, 5.74) is 3.81. The van der Waals surface area contributed by atoms with Crippen LogP contribution in [0.25, 0.3) is 22.3 Å². The van der Waals surface area contributed by atoms with Gasteiger partial charge in [-0.1, -0.05) is 72.8 Å². The Kier molecular flexibility index (Phi) is 8.03. The van der Waals surface area contributed by atoms with Crippen molar-refractivity contribution >= 4 is 6.79 Å². The van der Waals surface area contributed by atoms with Gasteiger partial charge >= 0.3 is 0 Å². The van der Waals surface area contributed by atoms with E-state index in [0.29, 0.717) is 0 Å². The standard InChI is InChI=1S/2C12H10O2.CH2O/c2*13-11-7-6-10(8-12(11)14)9-4-2-1-3-5-9;1-2/h2*1-8,13-14H;1H2. The van der Waals surface area contributed by atoms with Gasteiger partial charge in [-0.15, -0.1) is 0 Å². The van der Waals surface area contributed by atoms with E-state index in [2.05, 4.69) is 0 Å². The third-order valence-electron chi connectivity index (χ3n) is 4.17. The monoisotopic (exact) mass is 402 g/mol. The number of hydrogen-bond donors (Lipinski definition) is 4. The van der Waals surface area contributed by atoms with E-state index in [1.54, 1.807) is 24.3 Å². The summed E-state index contributed by atoms with van der Waals surface area (Å²) in [6.07, 6.45) is 0. The Morgan fingerprint density at radius 2 is 0.733 bits per heavy atom. The fourth-order valence-electron chi connectivity index (χ4n) is 2.67. The first-order valence-electron chi connectivity index (χ1n) is 8.98. The highest BCUT2D eigenvalue weighted by Crippen LogP contribution is 2.31. The molecular weight excluding hydrogens is 380 g/mol. The van der Waals surface area contributed by atoms with E-state index in [0.717, 1.165) is 22.3 Å². The Labute approximate surface area is 174 Å². The van der Waals surface area contributed by atoms with E-state index in [4.69, 9.17) is 15.0 Å². The van der Waals surface area contributed by atoms with Crippen LogP contribution in [-0.4, -0.2) is 27.2 Å². The summed E-state index contributed by atoms with van der Waals surface area (Å²) in [6.45, 7) is 2.00. The van der Waals surface area contributed by atoms with E-state index in [9.17, 15) is 10.2 Å². The second-order valence-electron chi connectivity index (χ2n) is 6.14. The van der Waals surface area contributed by atoms with Crippen molar-refractivity contribution in [3.8, 4) is 45.3 Å². The van der Waals surface area contributed by atoms with Crippen LogP contribution >= 0.6 is 0 Å². The fourth-order valence-corrected chi connectivity index (χ4v) is 2.67. The molecule has 30 heavy (non-hydrogen) atoms. The second-order valence-corrected chi connectivity index (χ2v) is 6.14. The zero-order chi connectivity index (χ0) is 21.9. The molecule has 4 aromatic carbocycles. The molecule has 0 unspecified atom stereocenters. The maximum atomic E-state index is 9.31. The lowest BCUT2D eigenvalue weighted by molar-refractivity contribution is -0.0980. The van der Waals surface area contributed by atoms with Gasteiger partial charge in [0.25, 0.3) is 0 Å². The minimum Gasteiger partial charge on any atom is -0.504 e. The van der Waals surface area contributed by atoms with Crippen LogP contribution in [0.15, 0.2) is 97.1 Å². The third kappa shape index (κ3) is 5.87. The predicted octanol–water partition coefficient (Wildman–Crippen LogP) is 5.34. The topological polar surface area (TPSA) is 98.0 Å². The number of carbonyl (C=O) groups excluding carboxylic acids is 1. The number of benzene rings is 4. The van der Waals surface area contributed by atoms with Crippen LogP contribution < -0.4 is 0 Å². The molecular formula is C25H22O5. The van der Waals surface area contributed by atoms with Crippen LogP contribution in [0.2, 0.25) is 0 Å². The highest BCUT2D eigenvalue weighted by atomic mass is 16.3. The van der Waals surface area contributed by atoms with Gasteiger partial charge in [0.05, 0.1) is 0 Å². The van der Waals surface area contributed by atoms with Crippen LogP contribution in [0.4, 0.5) is 0 Å². The zero-order valence-electron chi connectivity index (χ0n) is 16.1. The number of phenols is 4. The van der Waals surface area contributed by atoms with Gasteiger partial charge in [-0.05, 0) is 46.5 Å². The molecule has 0 radical (unpaired) electrons. The first kappa shape index (κ1) is 22.0. The lowest BCUT2D eigenvalue weighted by atomic mass is 10.1. The molecule has 0 bridgehead atoms. The Hall–Kier alpha value is -4.25. The summed E-state index contributed by atoms with van der Waals surface area (Å²) in [5.74, 6) is -0.368. The van der Waals surface area contributed by atoms with Gasteiger partial charge in [0.15, 0.2) is 23.0 Å². The minimum atomic E-state index is -0.0929. The van der Waals surface area contributed by atoms with Crippen molar-refractivity contribution in [1.82, 2.24) is 0 Å². The minimum absolute atomic E-state index is 0.0913. The van der Waals surface area contributed by atoms with Crippen LogP contribution in [0.5, 0.6) is 23.0 Å². The number of carbonyl (C=O) groups is 1. The van der Waals surface area contributed by atoms with Gasteiger partial charge in [-0.3, -0.25) is 0 Å². The smallest absolute Gasteiger partial charge is 0.158 e. The van der Waals surface area contributed by atoms with Crippen molar-refractivity contribution < 1.29 is 25.2 Å². The largest absolute Gasteiger partial charge is 0.504 e. The maximum absolute atomic E-state index is 9.31. The fraction of sp³-hybridized carbons (Fsp3) is 0. The molecule has 0 saturated heterocycles. The molecule has 4 rings (SSSR count).